The molecule has 106 valence electrons. The van der Waals surface area contributed by atoms with Crippen LogP contribution in [0.2, 0.25) is 0 Å². The highest BCUT2D eigenvalue weighted by atomic mass is 32.1. The molecule has 1 aromatic heterocycles. The van der Waals surface area contributed by atoms with Crippen LogP contribution in [0, 0.1) is 0 Å². The number of rotatable bonds is 4. The predicted molar refractivity (Wildman–Crippen MR) is 74.3 cm³/mol. The zero-order valence-electron chi connectivity index (χ0n) is 11.3. The van der Waals surface area contributed by atoms with Crippen molar-refractivity contribution in [3.8, 4) is 5.75 Å². The standard InChI is InChI=1S/C14H20O4S/c1-8(2)12-7-11(13(19-12)14(16)17)18-10-6-4-3-5-9(10)15/h7-10,15H,3-6H2,1-2H3,(H,16,17). The van der Waals surface area contributed by atoms with Crippen molar-refractivity contribution in [1.29, 1.82) is 0 Å². The molecule has 0 aromatic carbocycles. The maximum absolute atomic E-state index is 11.2. The first-order valence-electron chi connectivity index (χ1n) is 6.70. The molecule has 1 aliphatic carbocycles. The number of carbonyl (C=O) groups is 1. The van der Waals surface area contributed by atoms with E-state index < -0.39 is 12.1 Å². The minimum absolute atomic E-state index is 0.237. The molecular formula is C14H20O4S. The molecule has 0 spiro atoms. The summed E-state index contributed by atoms with van der Waals surface area (Å²) in [7, 11) is 0. The summed E-state index contributed by atoms with van der Waals surface area (Å²) in [4.78, 5) is 12.5. The normalized spacial score (nSPS) is 23.6. The molecular weight excluding hydrogens is 264 g/mol. The van der Waals surface area contributed by atoms with Gasteiger partial charge in [-0.05, 0) is 31.2 Å². The molecule has 0 bridgehead atoms. The van der Waals surface area contributed by atoms with Gasteiger partial charge in [-0.15, -0.1) is 11.3 Å². The molecule has 2 atom stereocenters. The lowest BCUT2D eigenvalue weighted by Gasteiger charge is -2.28. The molecule has 1 heterocycles. The topological polar surface area (TPSA) is 66.8 Å². The summed E-state index contributed by atoms with van der Waals surface area (Å²) in [5.74, 6) is -0.277. The van der Waals surface area contributed by atoms with E-state index in [4.69, 9.17) is 4.74 Å². The lowest BCUT2D eigenvalue weighted by atomic mass is 9.95. The number of hydrogen-bond donors (Lipinski definition) is 2. The van der Waals surface area contributed by atoms with Crippen LogP contribution >= 0.6 is 11.3 Å². The Hall–Kier alpha value is -1.07. The van der Waals surface area contributed by atoms with Crippen LogP contribution in [-0.2, 0) is 0 Å². The van der Waals surface area contributed by atoms with Crippen molar-refractivity contribution in [2.24, 2.45) is 0 Å². The molecule has 0 aliphatic heterocycles. The fourth-order valence-electron chi connectivity index (χ4n) is 2.29. The number of hydrogen-bond acceptors (Lipinski definition) is 4. The molecule has 2 N–H and O–H groups in total. The maximum atomic E-state index is 11.2. The van der Waals surface area contributed by atoms with E-state index in [0.717, 1.165) is 30.6 Å². The molecule has 1 aliphatic rings. The fourth-order valence-corrected chi connectivity index (χ4v) is 3.22. The van der Waals surface area contributed by atoms with Crippen LogP contribution in [0.4, 0.5) is 0 Å². The van der Waals surface area contributed by atoms with Gasteiger partial charge >= 0.3 is 5.97 Å². The van der Waals surface area contributed by atoms with E-state index >= 15 is 0 Å². The quantitative estimate of drug-likeness (QED) is 0.890. The van der Waals surface area contributed by atoms with Crippen LogP contribution in [0.15, 0.2) is 6.07 Å². The third-order valence-electron chi connectivity index (χ3n) is 3.43. The van der Waals surface area contributed by atoms with Crippen molar-refractivity contribution in [3.05, 3.63) is 15.8 Å². The van der Waals surface area contributed by atoms with E-state index in [1.165, 1.54) is 11.3 Å². The van der Waals surface area contributed by atoms with Gasteiger partial charge in [0.1, 0.15) is 11.9 Å². The molecule has 5 heteroatoms. The number of thiophene rings is 1. The van der Waals surface area contributed by atoms with Crippen LogP contribution in [0.5, 0.6) is 5.75 Å². The van der Waals surface area contributed by atoms with E-state index in [2.05, 4.69) is 0 Å². The highest BCUT2D eigenvalue weighted by molar-refractivity contribution is 7.14. The largest absolute Gasteiger partial charge is 0.486 e. The third kappa shape index (κ3) is 3.28. The first-order valence-corrected chi connectivity index (χ1v) is 7.52. The Morgan fingerprint density at radius 2 is 2.11 bits per heavy atom. The molecule has 0 saturated heterocycles. The van der Waals surface area contributed by atoms with E-state index in [0.29, 0.717) is 5.75 Å². The van der Waals surface area contributed by atoms with Crippen molar-refractivity contribution >= 4 is 17.3 Å². The minimum atomic E-state index is -0.961. The summed E-state index contributed by atoms with van der Waals surface area (Å²) in [5, 5.41) is 19.1. The van der Waals surface area contributed by atoms with Crippen LogP contribution < -0.4 is 4.74 Å². The predicted octanol–water partition coefficient (Wildman–Crippen LogP) is 3.25. The van der Waals surface area contributed by atoms with Gasteiger partial charge in [-0.3, -0.25) is 0 Å². The maximum Gasteiger partial charge on any atom is 0.349 e. The van der Waals surface area contributed by atoms with Crippen LogP contribution in [0.1, 0.15) is 60.0 Å². The number of carboxylic acids is 1. The van der Waals surface area contributed by atoms with E-state index in [1.807, 2.05) is 13.8 Å². The van der Waals surface area contributed by atoms with Gasteiger partial charge < -0.3 is 14.9 Å². The zero-order chi connectivity index (χ0) is 14.0. The first kappa shape index (κ1) is 14.3. The van der Waals surface area contributed by atoms with Gasteiger partial charge in [-0.25, -0.2) is 4.79 Å². The number of aliphatic hydroxyl groups is 1. The Bertz CT molecular complexity index is 452. The first-order chi connectivity index (χ1) is 8.99. The second-order valence-corrected chi connectivity index (χ2v) is 6.39. The molecule has 0 radical (unpaired) electrons. The smallest absolute Gasteiger partial charge is 0.349 e. The van der Waals surface area contributed by atoms with Gasteiger partial charge in [0.25, 0.3) is 0 Å². The molecule has 1 saturated carbocycles. The van der Waals surface area contributed by atoms with Crippen molar-refractivity contribution < 1.29 is 19.7 Å². The van der Waals surface area contributed by atoms with E-state index in [9.17, 15) is 15.0 Å². The fraction of sp³-hybridized carbons (Fsp3) is 0.643. The third-order valence-corrected chi connectivity index (χ3v) is 4.83. The monoisotopic (exact) mass is 284 g/mol. The molecule has 1 fully saturated rings. The second-order valence-electron chi connectivity index (χ2n) is 5.31. The Balaban J connectivity index is 2.20. The average Bonchev–Trinajstić information content (AvgIpc) is 2.76. The molecule has 19 heavy (non-hydrogen) atoms. The van der Waals surface area contributed by atoms with Crippen molar-refractivity contribution in [3.63, 3.8) is 0 Å². The summed E-state index contributed by atoms with van der Waals surface area (Å²) < 4.78 is 5.77. The summed E-state index contributed by atoms with van der Waals surface area (Å²) in [6.07, 6.45) is 2.78. The Morgan fingerprint density at radius 1 is 1.42 bits per heavy atom. The summed E-state index contributed by atoms with van der Waals surface area (Å²) in [6, 6.07) is 1.81. The number of aromatic carboxylic acids is 1. The summed E-state index contributed by atoms with van der Waals surface area (Å²) >= 11 is 1.26. The van der Waals surface area contributed by atoms with Gasteiger partial charge in [0.05, 0.1) is 6.10 Å². The summed E-state index contributed by atoms with van der Waals surface area (Å²) in [6.45, 7) is 4.05. The van der Waals surface area contributed by atoms with E-state index in [-0.39, 0.29) is 16.9 Å². The number of carboxylic acid groups (broad SMARTS) is 1. The van der Waals surface area contributed by atoms with Crippen molar-refractivity contribution in [2.45, 2.75) is 57.7 Å². The van der Waals surface area contributed by atoms with Gasteiger partial charge in [0, 0.05) is 4.88 Å². The Kier molecular flexibility index (Phi) is 4.47. The molecule has 4 nitrogen and oxygen atoms in total. The second kappa shape index (κ2) is 5.92. The molecule has 2 rings (SSSR count). The minimum Gasteiger partial charge on any atom is -0.486 e. The highest BCUT2D eigenvalue weighted by Gasteiger charge is 2.27. The Morgan fingerprint density at radius 3 is 2.68 bits per heavy atom. The molecule has 0 amide bonds. The summed E-state index contributed by atoms with van der Waals surface area (Å²) in [5.41, 5.74) is 0. The van der Waals surface area contributed by atoms with Gasteiger partial charge in [-0.2, -0.15) is 0 Å². The van der Waals surface area contributed by atoms with Gasteiger partial charge in [-0.1, -0.05) is 20.3 Å². The lowest BCUT2D eigenvalue weighted by molar-refractivity contribution is 0.00634. The average molecular weight is 284 g/mol. The number of aliphatic hydroxyl groups excluding tert-OH is 1. The van der Waals surface area contributed by atoms with Crippen LogP contribution in [0.25, 0.3) is 0 Å². The zero-order valence-corrected chi connectivity index (χ0v) is 12.1. The van der Waals surface area contributed by atoms with Crippen LogP contribution in [-0.4, -0.2) is 28.4 Å². The van der Waals surface area contributed by atoms with Gasteiger partial charge in [0.2, 0.25) is 0 Å². The van der Waals surface area contributed by atoms with Gasteiger partial charge in [0.15, 0.2) is 4.88 Å². The lowest BCUT2D eigenvalue weighted by Crippen LogP contribution is -2.34. The number of ether oxygens (including phenoxy) is 1. The van der Waals surface area contributed by atoms with Crippen molar-refractivity contribution in [2.75, 3.05) is 0 Å². The SMILES string of the molecule is CC(C)c1cc(OC2CCCCC2O)c(C(=O)O)s1. The van der Waals surface area contributed by atoms with E-state index in [1.54, 1.807) is 6.07 Å². The molecule has 1 aromatic rings. The van der Waals surface area contributed by atoms with Crippen LogP contribution in [0.3, 0.4) is 0 Å². The highest BCUT2D eigenvalue weighted by Crippen LogP contribution is 2.36. The Labute approximate surface area is 117 Å². The van der Waals surface area contributed by atoms with Crippen molar-refractivity contribution in [1.82, 2.24) is 0 Å². The molecule has 2 unspecified atom stereocenters.